The number of hydrogen-bond acceptors (Lipinski definition) is 5. The van der Waals surface area contributed by atoms with Crippen LogP contribution in [0.1, 0.15) is 18.5 Å². The molecule has 0 saturated carbocycles. The van der Waals surface area contributed by atoms with E-state index in [9.17, 15) is 4.79 Å². The molecule has 0 N–H and O–H groups in total. The number of methoxy groups -OCH3 is 1. The van der Waals surface area contributed by atoms with Crippen LogP contribution in [0.25, 0.3) is 0 Å². The van der Waals surface area contributed by atoms with Crippen molar-refractivity contribution in [3.05, 3.63) is 54.1 Å². The molecule has 1 aliphatic heterocycles. The second kappa shape index (κ2) is 9.65. The molecule has 1 aliphatic rings. The highest BCUT2D eigenvalue weighted by Crippen LogP contribution is 2.30. The third kappa shape index (κ3) is 5.21. The van der Waals surface area contributed by atoms with Crippen LogP contribution in [0.3, 0.4) is 0 Å². The minimum atomic E-state index is -0.0455. The van der Waals surface area contributed by atoms with E-state index in [1.165, 1.54) is 10.5 Å². The fourth-order valence-electron chi connectivity index (χ4n) is 3.59. The van der Waals surface area contributed by atoms with E-state index in [1.807, 2.05) is 30.3 Å². The molecule has 0 unspecified atom stereocenters. The van der Waals surface area contributed by atoms with Crippen LogP contribution in [0.5, 0.6) is 11.5 Å². The first-order valence-electron chi connectivity index (χ1n) is 10.0. The topological polar surface area (TPSA) is 45.3 Å². The van der Waals surface area contributed by atoms with Crippen LogP contribution < -0.4 is 14.4 Å². The van der Waals surface area contributed by atoms with Crippen molar-refractivity contribution in [1.82, 2.24) is 9.80 Å². The highest BCUT2D eigenvalue weighted by molar-refractivity contribution is 5.77. The van der Waals surface area contributed by atoms with Crippen molar-refractivity contribution >= 4 is 11.6 Å². The van der Waals surface area contributed by atoms with Gasteiger partial charge in [-0.15, -0.1) is 0 Å². The second-order valence-corrected chi connectivity index (χ2v) is 7.52. The lowest BCUT2D eigenvalue weighted by Crippen LogP contribution is -2.47. The zero-order chi connectivity index (χ0) is 20.8. The summed E-state index contributed by atoms with van der Waals surface area (Å²) in [6.07, 6.45) is 0. The van der Waals surface area contributed by atoms with Crippen molar-refractivity contribution in [2.45, 2.75) is 13.0 Å². The van der Waals surface area contributed by atoms with Crippen LogP contribution >= 0.6 is 0 Å². The van der Waals surface area contributed by atoms with Gasteiger partial charge < -0.3 is 19.3 Å². The first-order chi connectivity index (χ1) is 14.0. The van der Waals surface area contributed by atoms with E-state index in [2.05, 4.69) is 34.9 Å². The van der Waals surface area contributed by atoms with Crippen molar-refractivity contribution in [1.29, 1.82) is 0 Å². The Labute approximate surface area is 173 Å². The number of amides is 1. The number of piperazine rings is 1. The van der Waals surface area contributed by atoms with Gasteiger partial charge in [-0.25, -0.2) is 0 Å². The second-order valence-electron chi connectivity index (χ2n) is 7.52. The summed E-state index contributed by atoms with van der Waals surface area (Å²) in [5.41, 5.74) is 2.36. The largest absolute Gasteiger partial charge is 0.495 e. The summed E-state index contributed by atoms with van der Waals surface area (Å²) in [6.45, 7) is 6.15. The molecule has 1 heterocycles. The number of carbonyl (C=O) groups excluding carboxylic acids is 1. The Hall–Kier alpha value is -2.73. The lowest BCUT2D eigenvalue weighted by atomic mass is 10.1. The molecule has 1 fully saturated rings. The average molecular weight is 398 g/mol. The van der Waals surface area contributed by atoms with Crippen LogP contribution in [0.2, 0.25) is 0 Å². The predicted molar refractivity (Wildman–Crippen MR) is 116 cm³/mol. The molecule has 6 nitrogen and oxygen atoms in total. The monoisotopic (exact) mass is 397 g/mol. The van der Waals surface area contributed by atoms with Gasteiger partial charge in [0.1, 0.15) is 11.5 Å². The van der Waals surface area contributed by atoms with Crippen LogP contribution in [-0.4, -0.2) is 69.7 Å². The van der Waals surface area contributed by atoms with Crippen molar-refractivity contribution in [3.8, 4) is 11.5 Å². The molecule has 29 heavy (non-hydrogen) atoms. The van der Waals surface area contributed by atoms with E-state index in [0.717, 1.165) is 43.4 Å². The Bertz CT molecular complexity index is 817. The first kappa shape index (κ1) is 21.0. The Kier molecular flexibility index (Phi) is 6.99. The van der Waals surface area contributed by atoms with E-state index >= 15 is 0 Å². The standard InChI is InChI=1S/C23H31N3O3/c1-18(19-8-7-9-20(16-19)29-17-23(27)24(2)3)25-12-14-26(15-13-25)21-10-5-6-11-22(21)28-4/h5-11,16,18H,12-15,17H2,1-4H3/t18-/m0/s1. The maximum absolute atomic E-state index is 11.8. The quantitative estimate of drug-likeness (QED) is 0.719. The van der Waals surface area contributed by atoms with Crippen LogP contribution in [0.4, 0.5) is 5.69 Å². The van der Waals surface area contributed by atoms with Gasteiger partial charge in [0.15, 0.2) is 6.61 Å². The SMILES string of the molecule is COc1ccccc1N1CCN([C@@H](C)c2cccc(OCC(=O)N(C)C)c2)CC1. The maximum atomic E-state index is 11.8. The zero-order valence-electron chi connectivity index (χ0n) is 17.8. The third-order valence-electron chi connectivity index (χ3n) is 5.49. The van der Waals surface area contributed by atoms with Crippen LogP contribution in [-0.2, 0) is 4.79 Å². The van der Waals surface area contributed by atoms with E-state index in [1.54, 1.807) is 21.2 Å². The Morgan fingerprint density at radius 3 is 2.48 bits per heavy atom. The maximum Gasteiger partial charge on any atom is 0.259 e. The molecule has 0 spiro atoms. The van der Waals surface area contributed by atoms with Crippen molar-refractivity contribution in [2.75, 3.05) is 58.9 Å². The highest BCUT2D eigenvalue weighted by atomic mass is 16.5. The van der Waals surface area contributed by atoms with E-state index in [-0.39, 0.29) is 18.6 Å². The summed E-state index contributed by atoms with van der Waals surface area (Å²) in [5, 5.41) is 0. The number of benzene rings is 2. The predicted octanol–water partition coefficient (Wildman–Crippen LogP) is 3.05. The van der Waals surface area contributed by atoms with Gasteiger partial charge >= 0.3 is 0 Å². The summed E-state index contributed by atoms with van der Waals surface area (Å²) in [7, 11) is 5.18. The minimum absolute atomic E-state index is 0.0455. The molecule has 1 amide bonds. The van der Waals surface area contributed by atoms with Gasteiger partial charge in [-0.05, 0) is 36.8 Å². The number of hydrogen-bond donors (Lipinski definition) is 0. The van der Waals surface area contributed by atoms with E-state index in [4.69, 9.17) is 9.47 Å². The summed E-state index contributed by atoms with van der Waals surface area (Å²) >= 11 is 0. The molecule has 0 aliphatic carbocycles. The number of rotatable bonds is 7. The smallest absolute Gasteiger partial charge is 0.259 e. The lowest BCUT2D eigenvalue weighted by Gasteiger charge is -2.39. The molecule has 1 atom stereocenters. The number of ether oxygens (including phenoxy) is 2. The normalized spacial score (nSPS) is 15.7. The molecule has 1 saturated heterocycles. The van der Waals surface area contributed by atoms with Gasteiger partial charge in [0.25, 0.3) is 5.91 Å². The Morgan fingerprint density at radius 1 is 1.07 bits per heavy atom. The molecule has 156 valence electrons. The Balaban J connectivity index is 1.60. The fraction of sp³-hybridized carbons (Fsp3) is 0.435. The van der Waals surface area contributed by atoms with Crippen molar-refractivity contribution in [3.63, 3.8) is 0 Å². The van der Waals surface area contributed by atoms with E-state index < -0.39 is 0 Å². The van der Waals surface area contributed by atoms with Gasteiger partial charge in [-0.3, -0.25) is 9.69 Å². The van der Waals surface area contributed by atoms with E-state index in [0.29, 0.717) is 0 Å². The summed E-state index contributed by atoms with van der Waals surface area (Å²) < 4.78 is 11.2. The van der Waals surface area contributed by atoms with Gasteiger partial charge in [0.2, 0.25) is 0 Å². The molecular formula is C23H31N3O3. The molecule has 2 aromatic rings. The molecule has 2 aromatic carbocycles. The van der Waals surface area contributed by atoms with Gasteiger partial charge in [0.05, 0.1) is 12.8 Å². The zero-order valence-corrected chi connectivity index (χ0v) is 17.8. The number of likely N-dealkylation sites (N-methyl/N-ethyl adjacent to an activating group) is 1. The fourth-order valence-corrected chi connectivity index (χ4v) is 3.59. The molecule has 6 heteroatoms. The number of nitrogens with zero attached hydrogens (tertiary/aromatic N) is 3. The summed E-state index contributed by atoms with van der Waals surface area (Å²) in [4.78, 5) is 18.2. The van der Waals surface area contributed by atoms with Gasteiger partial charge in [-0.2, -0.15) is 0 Å². The van der Waals surface area contributed by atoms with Crippen molar-refractivity contribution < 1.29 is 14.3 Å². The Morgan fingerprint density at radius 2 is 1.79 bits per heavy atom. The molecule has 0 aromatic heterocycles. The number of para-hydroxylation sites is 2. The lowest BCUT2D eigenvalue weighted by molar-refractivity contribution is -0.130. The summed E-state index contributed by atoms with van der Waals surface area (Å²) in [5.74, 6) is 1.61. The number of carbonyl (C=O) groups is 1. The molecule has 0 radical (unpaired) electrons. The summed E-state index contributed by atoms with van der Waals surface area (Å²) in [6, 6.07) is 16.5. The molecule has 0 bridgehead atoms. The average Bonchev–Trinajstić information content (AvgIpc) is 2.77. The third-order valence-corrected chi connectivity index (χ3v) is 5.49. The number of anilines is 1. The van der Waals surface area contributed by atoms with Gasteiger partial charge in [-0.1, -0.05) is 24.3 Å². The van der Waals surface area contributed by atoms with Crippen LogP contribution in [0.15, 0.2) is 48.5 Å². The molecular weight excluding hydrogens is 366 g/mol. The highest BCUT2D eigenvalue weighted by Gasteiger charge is 2.23. The van der Waals surface area contributed by atoms with Gasteiger partial charge in [0, 0.05) is 46.3 Å². The molecule has 3 rings (SSSR count). The minimum Gasteiger partial charge on any atom is -0.495 e. The first-order valence-corrected chi connectivity index (χ1v) is 10.0. The van der Waals surface area contributed by atoms with Crippen molar-refractivity contribution in [2.24, 2.45) is 0 Å². The van der Waals surface area contributed by atoms with Crippen LogP contribution in [0, 0.1) is 0 Å².